The molecule has 0 unspecified atom stereocenters. The summed E-state index contributed by atoms with van der Waals surface area (Å²) in [6, 6.07) is 7.90. The SMILES string of the molecule is Nn1c(SCCSc2ccc(Cl)cc2)nnc1C1CC1. The highest BCUT2D eigenvalue weighted by atomic mass is 35.5. The van der Waals surface area contributed by atoms with E-state index in [1.54, 1.807) is 28.2 Å². The summed E-state index contributed by atoms with van der Waals surface area (Å²) in [5, 5.41) is 9.91. The minimum Gasteiger partial charge on any atom is -0.336 e. The number of halogens is 1. The van der Waals surface area contributed by atoms with Gasteiger partial charge in [0.15, 0.2) is 5.82 Å². The largest absolute Gasteiger partial charge is 0.336 e. The molecule has 1 fully saturated rings. The average Bonchev–Trinajstić information content (AvgIpc) is 3.22. The third kappa shape index (κ3) is 3.42. The summed E-state index contributed by atoms with van der Waals surface area (Å²) >= 11 is 9.31. The summed E-state index contributed by atoms with van der Waals surface area (Å²) < 4.78 is 1.65. The first-order valence-corrected chi connectivity index (χ1v) is 8.80. The van der Waals surface area contributed by atoms with Gasteiger partial charge in [-0.05, 0) is 37.1 Å². The number of hydrogen-bond donors (Lipinski definition) is 1. The standard InChI is InChI=1S/C13H15ClN4S2/c14-10-3-5-11(6-4-10)19-7-8-20-13-17-16-12(18(13)15)9-1-2-9/h3-6,9H,1-2,7-8,15H2. The second-order valence-corrected chi connectivity index (χ2v) is 7.30. The number of nitrogens with two attached hydrogens (primary N) is 1. The van der Waals surface area contributed by atoms with Gasteiger partial charge in [-0.3, -0.25) is 0 Å². The molecule has 7 heteroatoms. The van der Waals surface area contributed by atoms with Crippen LogP contribution in [0.5, 0.6) is 0 Å². The minimum atomic E-state index is 0.533. The summed E-state index contributed by atoms with van der Waals surface area (Å²) in [4.78, 5) is 1.22. The van der Waals surface area contributed by atoms with Crippen LogP contribution in [0.25, 0.3) is 0 Å². The van der Waals surface area contributed by atoms with Crippen molar-refractivity contribution < 1.29 is 0 Å². The lowest BCUT2D eigenvalue weighted by atomic mass is 10.4. The number of benzene rings is 1. The van der Waals surface area contributed by atoms with Crippen LogP contribution in [-0.2, 0) is 0 Å². The molecule has 0 atom stereocenters. The molecule has 1 heterocycles. The van der Waals surface area contributed by atoms with Gasteiger partial charge in [0.05, 0.1) is 0 Å². The molecule has 1 aromatic carbocycles. The van der Waals surface area contributed by atoms with Gasteiger partial charge in [0.2, 0.25) is 5.16 Å². The van der Waals surface area contributed by atoms with Crippen molar-refractivity contribution in [3.63, 3.8) is 0 Å². The smallest absolute Gasteiger partial charge is 0.209 e. The summed E-state index contributed by atoms with van der Waals surface area (Å²) in [5.74, 6) is 9.41. The molecule has 0 bridgehead atoms. The molecule has 1 aliphatic rings. The fraction of sp³-hybridized carbons (Fsp3) is 0.385. The zero-order valence-electron chi connectivity index (χ0n) is 10.8. The Hall–Kier alpha value is -0.850. The summed E-state index contributed by atoms with van der Waals surface area (Å²) in [6.45, 7) is 0. The molecular formula is C13H15ClN4S2. The molecule has 1 saturated carbocycles. The van der Waals surface area contributed by atoms with Crippen molar-refractivity contribution in [2.45, 2.75) is 28.8 Å². The lowest BCUT2D eigenvalue weighted by Crippen LogP contribution is -2.13. The van der Waals surface area contributed by atoms with Crippen LogP contribution in [0.1, 0.15) is 24.6 Å². The van der Waals surface area contributed by atoms with E-state index in [0.717, 1.165) is 27.5 Å². The van der Waals surface area contributed by atoms with E-state index in [0.29, 0.717) is 5.92 Å². The van der Waals surface area contributed by atoms with Crippen molar-refractivity contribution in [2.24, 2.45) is 0 Å². The molecule has 0 saturated heterocycles. The predicted octanol–water partition coefficient (Wildman–Crippen LogP) is 3.41. The monoisotopic (exact) mass is 326 g/mol. The number of thioether (sulfide) groups is 2. The Balaban J connectivity index is 1.46. The van der Waals surface area contributed by atoms with Gasteiger partial charge < -0.3 is 5.84 Å². The van der Waals surface area contributed by atoms with Gasteiger partial charge >= 0.3 is 0 Å². The Morgan fingerprint density at radius 2 is 1.85 bits per heavy atom. The van der Waals surface area contributed by atoms with Crippen LogP contribution in [0, 0.1) is 0 Å². The third-order valence-electron chi connectivity index (χ3n) is 3.03. The van der Waals surface area contributed by atoms with E-state index in [4.69, 9.17) is 17.4 Å². The van der Waals surface area contributed by atoms with Gasteiger partial charge in [0.25, 0.3) is 0 Å². The lowest BCUT2D eigenvalue weighted by Gasteiger charge is -2.03. The van der Waals surface area contributed by atoms with Crippen LogP contribution in [0.15, 0.2) is 34.3 Å². The van der Waals surface area contributed by atoms with Crippen molar-refractivity contribution in [2.75, 3.05) is 17.3 Å². The van der Waals surface area contributed by atoms with Gasteiger partial charge in [-0.25, -0.2) is 4.68 Å². The molecule has 4 nitrogen and oxygen atoms in total. The van der Waals surface area contributed by atoms with Crippen molar-refractivity contribution in [1.29, 1.82) is 0 Å². The first-order chi connectivity index (χ1) is 9.74. The van der Waals surface area contributed by atoms with E-state index in [9.17, 15) is 0 Å². The van der Waals surface area contributed by atoms with Crippen LogP contribution >= 0.6 is 35.1 Å². The Kier molecular flexibility index (Phi) is 4.43. The van der Waals surface area contributed by atoms with Crippen molar-refractivity contribution >= 4 is 35.1 Å². The van der Waals surface area contributed by atoms with E-state index in [1.807, 2.05) is 24.3 Å². The molecule has 0 amide bonds. The first kappa shape index (κ1) is 14.1. The summed E-state index contributed by atoms with van der Waals surface area (Å²) in [5.41, 5.74) is 0. The fourth-order valence-electron chi connectivity index (χ4n) is 1.83. The maximum absolute atomic E-state index is 6.00. The Labute approximate surface area is 131 Å². The van der Waals surface area contributed by atoms with Gasteiger partial charge in [-0.1, -0.05) is 23.4 Å². The van der Waals surface area contributed by atoms with E-state index in [1.165, 1.54) is 17.7 Å². The summed E-state index contributed by atoms with van der Waals surface area (Å²) in [7, 11) is 0. The first-order valence-electron chi connectivity index (χ1n) is 6.45. The molecule has 0 radical (unpaired) electrons. The molecule has 0 aliphatic heterocycles. The van der Waals surface area contributed by atoms with E-state index >= 15 is 0 Å². The number of nitrogen functional groups attached to an aromatic ring is 1. The van der Waals surface area contributed by atoms with Crippen molar-refractivity contribution in [1.82, 2.24) is 14.9 Å². The zero-order valence-corrected chi connectivity index (χ0v) is 13.2. The van der Waals surface area contributed by atoms with E-state index in [-0.39, 0.29) is 0 Å². The lowest BCUT2D eigenvalue weighted by molar-refractivity contribution is 0.790. The molecular weight excluding hydrogens is 312 g/mol. The number of hydrogen-bond acceptors (Lipinski definition) is 5. The molecule has 3 rings (SSSR count). The molecule has 1 aromatic heterocycles. The van der Waals surface area contributed by atoms with Crippen LogP contribution in [0.3, 0.4) is 0 Å². The molecule has 2 aromatic rings. The molecule has 1 aliphatic carbocycles. The Morgan fingerprint density at radius 3 is 2.55 bits per heavy atom. The van der Waals surface area contributed by atoms with Crippen LogP contribution in [0.2, 0.25) is 5.02 Å². The Morgan fingerprint density at radius 1 is 1.15 bits per heavy atom. The maximum Gasteiger partial charge on any atom is 0.209 e. The molecule has 2 N–H and O–H groups in total. The second-order valence-electron chi connectivity index (χ2n) is 4.64. The average molecular weight is 327 g/mol. The van der Waals surface area contributed by atoms with Crippen LogP contribution in [0.4, 0.5) is 0 Å². The zero-order chi connectivity index (χ0) is 13.9. The highest BCUT2D eigenvalue weighted by molar-refractivity contribution is 8.02. The third-order valence-corrected chi connectivity index (χ3v) is 5.50. The number of rotatable bonds is 6. The predicted molar refractivity (Wildman–Crippen MR) is 85.0 cm³/mol. The van der Waals surface area contributed by atoms with Gasteiger partial charge in [-0.2, -0.15) is 0 Å². The van der Waals surface area contributed by atoms with Crippen LogP contribution in [-0.4, -0.2) is 26.4 Å². The molecule has 20 heavy (non-hydrogen) atoms. The highest BCUT2D eigenvalue weighted by Crippen LogP contribution is 2.39. The van der Waals surface area contributed by atoms with Gasteiger partial charge in [0.1, 0.15) is 0 Å². The van der Waals surface area contributed by atoms with Gasteiger partial charge in [0, 0.05) is 27.3 Å². The normalized spacial score (nSPS) is 14.7. The van der Waals surface area contributed by atoms with E-state index < -0.39 is 0 Å². The summed E-state index contributed by atoms with van der Waals surface area (Å²) in [6.07, 6.45) is 2.37. The fourth-order valence-corrected chi connectivity index (χ4v) is 3.70. The van der Waals surface area contributed by atoms with Gasteiger partial charge in [-0.15, -0.1) is 22.0 Å². The topological polar surface area (TPSA) is 56.7 Å². The highest BCUT2D eigenvalue weighted by Gasteiger charge is 2.29. The van der Waals surface area contributed by atoms with Crippen molar-refractivity contribution in [3.05, 3.63) is 35.1 Å². The van der Waals surface area contributed by atoms with E-state index in [2.05, 4.69) is 10.2 Å². The molecule has 106 valence electrons. The number of nitrogens with zero attached hydrogens (tertiary/aromatic N) is 3. The second kappa shape index (κ2) is 6.28. The van der Waals surface area contributed by atoms with Crippen molar-refractivity contribution in [3.8, 4) is 0 Å². The van der Waals surface area contributed by atoms with Crippen LogP contribution < -0.4 is 5.84 Å². The quantitative estimate of drug-likeness (QED) is 0.501. The minimum absolute atomic E-state index is 0.533. The molecule has 0 spiro atoms. The number of aromatic nitrogens is 3. The maximum atomic E-state index is 6.00. The Bertz CT molecular complexity index is 581.